The smallest absolute Gasteiger partial charge is 0.212 e. The summed E-state index contributed by atoms with van der Waals surface area (Å²) in [7, 11) is -3.23. The van der Waals surface area contributed by atoms with E-state index in [9.17, 15) is 12.8 Å². The molecule has 5 heteroatoms. The maximum absolute atomic E-state index is 12.7. The van der Waals surface area contributed by atoms with Crippen molar-refractivity contribution in [3.8, 4) is 0 Å². The standard InChI is InChI=1S/C11H16FNO2S/c1-3-8-16(14,15)13-9(2)10-4-6-11(12)7-5-10/h4-7,9,13H,3,8H2,1-2H3. The second-order valence-electron chi connectivity index (χ2n) is 3.71. The van der Waals surface area contributed by atoms with E-state index in [0.717, 1.165) is 5.56 Å². The molecule has 0 radical (unpaired) electrons. The summed E-state index contributed by atoms with van der Waals surface area (Å²) >= 11 is 0. The molecule has 0 spiro atoms. The number of nitrogens with one attached hydrogen (secondary N) is 1. The highest BCUT2D eigenvalue weighted by Gasteiger charge is 2.14. The van der Waals surface area contributed by atoms with Gasteiger partial charge in [0.15, 0.2) is 0 Å². The van der Waals surface area contributed by atoms with Crippen LogP contribution in [-0.2, 0) is 10.0 Å². The molecular weight excluding hydrogens is 229 g/mol. The topological polar surface area (TPSA) is 46.2 Å². The normalized spacial score (nSPS) is 13.7. The van der Waals surface area contributed by atoms with Crippen molar-refractivity contribution in [1.82, 2.24) is 4.72 Å². The monoisotopic (exact) mass is 245 g/mol. The van der Waals surface area contributed by atoms with Gasteiger partial charge in [0.05, 0.1) is 5.75 Å². The summed E-state index contributed by atoms with van der Waals surface area (Å²) in [5.74, 6) is -0.217. The molecule has 0 saturated heterocycles. The van der Waals surface area contributed by atoms with Crippen molar-refractivity contribution in [3.05, 3.63) is 35.6 Å². The Bertz CT molecular complexity index is 428. The van der Waals surface area contributed by atoms with Gasteiger partial charge in [-0.15, -0.1) is 0 Å². The predicted octanol–water partition coefficient (Wildman–Crippen LogP) is 2.22. The van der Waals surface area contributed by atoms with Crippen molar-refractivity contribution in [2.24, 2.45) is 0 Å². The zero-order chi connectivity index (χ0) is 12.2. The Morgan fingerprint density at radius 2 is 1.88 bits per heavy atom. The highest BCUT2D eigenvalue weighted by Crippen LogP contribution is 2.14. The molecule has 1 aromatic carbocycles. The van der Waals surface area contributed by atoms with Gasteiger partial charge in [-0.2, -0.15) is 0 Å². The van der Waals surface area contributed by atoms with Gasteiger partial charge in [0.2, 0.25) is 10.0 Å². The Balaban J connectivity index is 2.72. The first-order valence-electron chi connectivity index (χ1n) is 5.20. The minimum atomic E-state index is -3.23. The minimum Gasteiger partial charge on any atom is -0.212 e. The molecule has 1 rings (SSSR count). The lowest BCUT2D eigenvalue weighted by molar-refractivity contribution is 0.565. The van der Waals surface area contributed by atoms with Gasteiger partial charge in [-0.25, -0.2) is 17.5 Å². The third-order valence-electron chi connectivity index (χ3n) is 2.20. The molecule has 16 heavy (non-hydrogen) atoms. The van der Waals surface area contributed by atoms with Crippen LogP contribution in [0.5, 0.6) is 0 Å². The van der Waals surface area contributed by atoms with E-state index in [-0.39, 0.29) is 17.6 Å². The van der Waals surface area contributed by atoms with E-state index in [4.69, 9.17) is 0 Å². The summed E-state index contributed by atoms with van der Waals surface area (Å²) in [4.78, 5) is 0. The fourth-order valence-electron chi connectivity index (χ4n) is 1.42. The van der Waals surface area contributed by atoms with Crippen LogP contribution in [0.15, 0.2) is 24.3 Å². The predicted molar refractivity (Wildman–Crippen MR) is 62.0 cm³/mol. The van der Waals surface area contributed by atoms with Gasteiger partial charge in [-0.05, 0) is 31.0 Å². The maximum atomic E-state index is 12.7. The summed E-state index contributed by atoms with van der Waals surface area (Å²) < 4.78 is 38.2. The molecule has 0 bridgehead atoms. The molecule has 0 aliphatic heterocycles. The average molecular weight is 245 g/mol. The Kier molecular flexibility index (Phi) is 4.44. The second kappa shape index (κ2) is 5.41. The van der Waals surface area contributed by atoms with Gasteiger partial charge >= 0.3 is 0 Å². The molecule has 0 fully saturated rings. The Morgan fingerprint density at radius 3 is 2.38 bits per heavy atom. The van der Waals surface area contributed by atoms with Crippen LogP contribution in [0.3, 0.4) is 0 Å². The van der Waals surface area contributed by atoms with Crippen LogP contribution in [0.25, 0.3) is 0 Å². The molecule has 1 N–H and O–H groups in total. The number of hydrogen-bond donors (Lipinski definition) is 1. The van der Waals surface area contributed by atoms with Crippen molar-refractivity contribution >= 4 is 10.0 Å². The molecule has 90 valence electrons. The quantitative estimate of drug-likeness (QED) is 0.864. The van der Waals surface area contributed by atoms with Crippen molar-refractivity contribution in [3.63, 3.8) is 0 Å². The Morgan fingerprint density at radius 1 is 1.31 bits per heavy atom. The SMILES string of the molecule is CCCS(=O)(=O)NC(C)c1ccc(F)cc1. The first-order chi connectivity index (χ1) is 7.44. The van der Waals surface area contributed by atoms with Crippen LogP contribution in [0.2, 0.25) is 0 Å². The highest BCUT2D eigenvalue weighted by atomic mass is 32.2. The van der Waals surface area contributed by atoms with Crippen LogP contribution in [0.4, 0.5) is 4.39 Å². The van der Waals surface area contributed by atoms with E-state index < -0.39 is 10.0 Å². The third kappa shape index (κ3) is 3.90. The number of halogens is 1. The zero-order valence-corrected chi connectivity index (χ0v) is 10.2. The lowest BCUT2D eigenvalue weighted by atomic mass is 10.1. The summed E-state index contributed by atoms with van der Waals surface area (Å²) in [6, 6.07) is 5.46. The van der Waals surface area contributed by atoms with Crippen molar-refractivity contribution < 1.29 is 12.8 Å². The molecule has 0 aliphatic carbocycles. The van der Waals surface area contributed by atoms with Gasteiger partial charge in [-0.3, -0.25) is 0 Å². The number of hydrogen-bond acceptors (Lipinski definition) is 2. The fraction of sp³-hybridized carbons (Fsp3) is 0.455. The van der Waals surface area contributed by atoms with Gasteiger partial charge in [0.25, 0.3) is 0 Å². The van der Waals surface area contributed by atoms with E-state index in [1.807, 2.05) is 6.92 Å². The molecule has 0 heterocycles. The second-order valence-corrected chi connectivity index (χ2v) is 5.58. The maximum Gasteiger partial charge on any atom is 0.212 e. The summed E-state index contributed by atoms with van der Waals surface area (Å²) in [5.41, 5.74) is 0.751. The largest absolute Gasteiger partial charge is 0.212 e. The van der Waals surface area contributed by atoms with Crippen LogP contribution in [-0.4, -0.2) is 14.2 Å². The first kappa shape index (κ1) is 13.1. The third-order valence-corrected chi connectivity index (χ3v) is 3.86. The van der Waals surface area contributed by atoms with E-state index >= 15 is 0 Å². The molecule has 0 saturated carbocycles. The molecule has 1 aromatic rings. The molecule has 0 aliphatic rings. The number of rotatable bonds is 5. The van der Waals surface area contributed by atoms with E-state index in [1.54, 1.807) is 19.1 Å². The Hall–Kier alpha value is -0.940. The molecule has 0 amide bonds. The van der Waals surface area contributed by atoms with E-state index in [2.05, 4.69) is 4.72 Å². The van der Waals surface area contributed by atoms with E-state index in [1.165, 1.54) is 12.1 Å². The molecule has 0 aromatic heterocycles. The lowest BCUT2D eigenvalue weighted by Crippen LogP contribution is -2.28. The highest BCUT2D eigenvalue weighted by molar-refractivity contribution is 7.89. The molecule has 3 nitrogen and oxygen atoms in total. The van der Waals surface area contributed by atoms with E-state index in [0.29, 0.717) is 6.42 Å². The summed E-state index contributed by atoms with van der Waals surface area (Å²) in [6.45, 7) is 3.54. The van der Waals surface area contributed by atoms with Gasteiger partial charge in [-0.1, -0.05) is 19.1 Å². The zero-order valence-electron chi connectivity index (χ0n) is 9.40. The van der Waals surface area contributed by atoms with Crippen LogP contribution in [0.1, 0.15) is 31.9 Å². The summed E-state index contributed by atoms with van der Waals surface area (Å²) in [6.07, 6.45) is 0.575. The van der Waals surface area contributed by atoms with Crippen LogP contribution < -0.4 is 4.72 Å². The van der Waals surface area contributed by atoms with Gasteiger partial charge < -0.3 is 0 Å². The van der Waals surface area contributed by atoms with Crippen LogP contribution in [0, 0.1) is 5.82 Å². The van der Waals surface area contributed by atoms with Gasteiger partial charge in [0.1, 0.15) is 5.82 Å². The van der Waals surface area contributed by atoms with Crippen molar-refractivity contribution in [2.75, 3.05) is 5.75 Å². The first-order valence-corrected chi connectivity index (χ1v) is 6.85. The Labute approximate surface area is 95.7 Å². The van der Waals surface area contributed by atoms with Gasteiger partial charge in [0, 0.05) is 6.04 Å². The summed E-state index contributed by atoms with van der Waals surface area (Å²) in [5, 5.41) is 0. The molecule has 1 atom stereocenters. The van der Waals surface area contributed by atoms with Crippen LogP contribution >= 0.6 is 0 Å². The average Bonchev–Trinajstić information content (AvgIpc) is 2.17. The van der Waals surface area contributed by atoms with Crippen molar-refractivity contribution in [1.29, 1.82) is 0 Å². The lowest BCUT2D eigenvalue weighted by Gasteiger charge is -2.14. The molecule has 1 unspecified atom stereocenters. The molecular formula is C11H16FNO2S. The number of benzene rings is 1. The minimum absolute atomic E-state index is 0.110. The van der Waals surface area contributed by atoms with Crippen molar-refractivity contribution in [2.45, 2.75) is 26.3 Å². The fourth-order valence-corrected chi connectivity index (χ4v) is 2.75. The number of sulfonamides is 1.